The third-order valence-electron chi connectivity index (χ3n) is 5.40. The van der Waals surface area contributed by atoms with Crippen molar-refractivity contribution in [3.63, 3.8) is 0 Å². The molecule has 1 aromatic rings. The molecule has 0 aromatic heterocycles. The van der Waals surface area contributed by atoms with Crippen LogP contribution in [0.5, 0.6) is 5.75 Å². The lowest BCUT2D eigenvalue weighted by atomic mass is 9.89. The predicted octanol–water partition coefficient (Wildman–Crippen LogP) is 3.42. The van der Waals surface area contributed by atoms with Gasteiger partial charge in [0, 0.05) is 18.7 Å². The lowest BCUT2D eigenvalue weighted by Gasteiger charge is -2.38. The normalized spacial score (nSPS) is 23.2. The van der Waals surface area contributed by atoms with Gasteiger partial charge in [-0.3, -0.25) is 0 Å². The standard InChI is InChI=1S/C20H30N2O3/c1-15(12-16-6-5-7-18(13-16)24-2)21-19(23)22-17-8-11-25-20(14-17)9-3-4-10-20/h5-7,13,15,17H,3-4,8-12,14H2,1-2H3,(H2,21,22,23)/t15-,17-/m0/s1. The number of carbonyl (C=O) groups excluding carboxylic acids is 1. The van der Waals surface area contributed by atoms with Crippen LogP contribution in [0.15, 0.2) is 24.3 Å². The Kier molecular flexibility index (Phi) is 5.84. The molecule has 0 unspecified atom stereocenters. The number of carbonyl (C=O) groups is 1. The molecule has 1 aliphatic heterocycles. The van der Waals surface area contributed by atoms with Crippen molar-refractivity contribution in [3.05, 3.63) is 29.8 Å². The maximum Gasteiger partial charge on any atom is 0.315 e. The van der Waals surface area contributed by atoms with E-state index in [1.807, 2.05) is 25.1 Å². The molecular formula is C20H30N2O3. The van der Waals surface area contributed by atoms with Crippen molar-refractivity contribution < 1.29 is 14.3 Å². The number of methoxy groups -OCH3 is 1. The summed E-state index contributed by atoms with van der Waals surface area (Å²) in [6.45, 7) is 2.78. The molecule has 2 fully saturated rings. The van der Waals surface area contributed by atoms with Crippen molar-refractivity contribution in [1.29, 1.82) is 0 Å². The molecule has 3 rings (SSSR count). The minimum absolute atomic E-state index is 0.0302. The van der Waals surface area contributed by atoms with Gasteiger partial charge in [0.15, 0.2) is 0 Å². The smallest absolute Gasteiger partial charge is 0.315 e. The van der Waals surface area contributed by atoms with Gasteiger partial charge < -0.3 is 20.1 Å². The van der Waals surface area contributed by atoms with Gasteiger partial charge in [0.1, 0.15) is 5.75 Å². The molecule has 5 heteroatoms. The van der Waals surface area contributed by atoms with Gasteiger partial charge in [-0.15, -0.1) is 0 Å². The Bertz CT molecular complexity index is 584. The summed E-state index contributed by atoms with van der Waals surface area (Å²) < 4.78 is 11.3. The highest BCUT2D eigenvalue weighted by Gasteiger charge is 2.40. The molecule has 2 amide bonds. The average molecular weight is 346 g/mol. The van der Waals surface area contributed by atoms with Gasteiger partial charge in [0.25, 0.3) is 0 Å². The number of nitrogens with one attached hydrogen (secondary N) is 2. The number of benzene rings is 1. The number of urea groups is 1. The highest BCUT2D eigenvalue weighted by Crippen LogP contribution is 2.39. The van der Waals surface area contributed by atoms with E-state index < -0.39 is 0 Å². The summed E-state index contributed by atoms with van der Waals surface area (Å²) in [6.07, 6.45) is 7.40. The van der Waals surface area contributed by atoms with E-state index in [9.17, 15) is 4.79 Å². The fourth-order valence-electron chi connectivity index (χ4n) is 4.17. The average Bonchev–Trinajstić information content (AvgIpc) is 3.02. The maximum atomic E-state index is 12.4. The van der Waals surface area contributed by atoms with Crippen LogP contribution in [0.25, 0.3) is 0 Å². The molecule has 25 heavy (non-hydrogen) atoms. The van der Waals surface area contributed by atoms with Crippen molar-refractivity contribution in [2.45, 2.75) is 69.6 Å². The van der Waals surface area contributed by atoms with Gasteiger partial charge in [-0.2, -0.15) is 0 Å². The van der Waals surface area contributed by atoms with Crippen molar-refractivity contribution in [1.82, 2.24) is 10.6 Å². The summed E-state index contributed by atoms with van der Waals surface area (Å²) >= 11 is 0. The van der Waals surface area contributed by atoms with Crippen molar-refractivity contribution in [2.24, 2.45) is 0 Å². The molecule has 0 radical (unpaired) electrons. The van der Waals surface area contributed by atoms with E-state index in [-0.39, 0.29) is 23.7 Å². The highest BCUT2D eigenvalue weighted by molar-refractivity contribution is 5.74. The number of rotatable bonds is 5. The van der Waals surface area contributed by atoms with Crippen LogP contribution < -0.4 is 15.4 Å². The van der Waals surface area contributed by atoms with Gasteiger partial charge in [-0.1, -0.05) is 25.0 Å². The topological polar surface area (TPSA) is 59.6 Å². The van der Waals surface area contributed by atoms with Gasteiger partial charge >= 0.3 is 6.03 Å². The summed E-state index contributed by atoms with van der Waals surface area (Å²) in [5.74, 6) is 0.846. The van der Waals surface area contributed by atoms with Crippen LogP contribution >= 0.6 is 0 Å². The van der Waals surface area contributed by atoms with Crippen molar-refractivity contribution in [2.75, 3.05) is 13.7 Å². The predicted molar refractivity (Wildman–Crippen MR) is 98.0 cm³/mol. The molecule has 1 saturated heterocycles. The van der Waals surface area contributed by atoms with Crippen LogP contribution in [0.4, 0.5) is 4.79 Å². The first-order chi connectivity index (χ1) is 12.1. The largest absolute Gasteiger partial charge is 0.497 e. The highest BCUT2D eigenvalue weighted by atomic mass is 16.5. The zero-order valence-electron chi connectivity index (χ0n) is 15.3. The SMILES string of the molecule is COc1cccc(C[C@H](C)NC(=O)N[C@H]2CCOC3(CCCC3)C2)c1. The van der Waals surface area contributed by atoms with Crippen LogP contribution in [-0.4, -0.2) is 37.4 Å². The fraction of sp³-hybridized carbons (Fsp3) is 0.650. The zero-order valence-corrected chi connectivity index (χ0v) is 15.3. The van der Waals surface area contributed by atoms with Crippen LogP contribution in [0, 0.1) is 0 Å². The van der Waals surface area contributed by atoms with E-state index in [4.69, 9.17) is 9.47 Å². The molecule has 1 saturated carbocycles. The van der Waals surface area contributed by atoms with E-state index in [1.54, 1.807) is 7.11 Å². The Labute approximate surface area is 150 Å². The number of hydrogen-bond acceptors (Lipinski definition) is 3. The summed E-state index contributed by atoms with van der Waals surface area (Å²) in [4.78, 5) is 12.4. The molecule has 2 atom stereocenters. The van der Waals surface area contributed by atoms with Crippen LogP contribution in [0.1, 0.15) is 51.0 Å². The van der Waals surface area contributed by atoms with Crippen LogP contribution in [-0.2, 0) is 11.2 Å². The van der Waals surface area contributed by atoms with Gasteiger partial charge in [-0.25, -0.2) is 4.79 Å². The third-order valence-corrected chi connectivity index (χ3v) is 5.40. The second-order valence-electron chi connectivity index (χ2n) is 7.50. The summed E-state index contributed by atoms with van der Waals surface area (Å²) in [5.41, 5.74) is 1.19. The maximum absolute atomic E-state index is 12.4. The molecule has 1 aromatic carbocycles. The van der Waals surface area contributed by atoms with Crippen molar-refractivity contribution in [3.8, 4) is 5.75 Å². The quantitative estimate of drug-likeness (QED) is 0.859. The third kappa shape index (κ3) is 4.88. The molecule has 138 valence electrons. The lowest BCUT2D eigenvalue weighted by molar-refractivity contribution is -0.0820. The first-order valence-corrected chi connectivity index (χ1v) is 9.42. The molecule has 2 N–H and O–H groups in total. The fourth-order valence-corrected chi connectivity index (χ4v) is 4.17. The second kappa shape index (κ2) is 8.09. The Morgan fingerprint density at radius 3 is 2.96 bits per heavy atom. The second-order valence-corrected chi connectivity index (χ2v) is 7.50. The van der Waals surface area contributed by atoms with E-state index in [1.165, 1.54) is 12.8 Å². The molecule has 1 spiro atoms. The molecular weight excluding hydrogens is 316 g/mol. The Hall–Kier alpha value is -1.75. The minimum atomic E-state index is -0.0737. The first kappa shape index (κ1) is 18.1. The summed E-state index contributed by atoms with van der Waals surface area (Å²) in [6, 6.07) is 8.18. The van der Waals surface area contributed by atoms with E-state index in [0.717, 1.165) is 50.0 Å². The minimum Gasteiger partial charge on any atom is -0.497 e. The molecule has 5 nitrogen and oxygen atoms in total. The van der Waals surface area contributed by atoms with E-state index in [0.29, 0.717) is 0 Å². The lowest BCUT2D eigenvalue weighted by Crippen LogP contribution is -2.51. The van der Waals surface area contributed by atoms with Gasteiger partial charge in [0.2, 0.25) is 0 Å². The monoisotopic (exact) mass is 346 g/mol. The number of amides is 2. The molecule has 1 heterocycles. The molecule has 1 aliphatic carbocycles. The van der Waals surface area contributed by atoms with Gasteiger partial charge in [-0.05, 0) is 56.7 Å². The van der Waals surface area contributed by atoms with Crippen LogP contribution in [0.3, 0.4) is 0 Å². The Morgan fingerprint density at radius 2 is 2.20 bits per heavy atom. The number of ether oxygens (including phenoxy) is 2. The van der Waals surface area contributed by atoms with E-state index >= 15 is 0 Å². The Morgan fingerprint density at radius 1 is 1.40 bits per heavy atom. The van der Waals surface area contributed by atoms with Gasteiger partial charge in [0.05, 0.1) is 12.7 Å². The summed E-state index contributed by atoms with van der Waals surface area (Å²) in [5, 5.41) is 6.22. The summed E-state index contributed by atoms with van der Waals surface area (Å²) in [7, 11) is 1.67. The number of hydrogen-bond donors (Lipinski definition) is 2. The zero-order chi connectivity index (χ0) is 17.7. The first-order valence-electron chi connectivity index (χ1n) is 9.42. The van der Waals surface area contributed by atoms with Crippen LogP contribution in [0.2, 0.25) is 0 Å². The Balaban J connectivity index is 1.46. The van der Waals surface area contributed by atoms with Crippen molar-refractivity contribution >= 4 is 6.03 Å². The van der Waals surface area contributed by atoms with E-state index in [2.05, 4.69) is 16.7 Å². The molecule has 0 bridgehead atoms. The molecule has 2 aliphatic rings.